The molecule has 0 radical (unpaired) electrons. The van der Waals surface area contributed by atoms with Crippen LogP contribution in [0.25, 0.3) is 0 Å². The van der Waals surface area contributed by atoms with Crippen molar-refractivity contribution in [3.05, 3.63) is 35.0 Å². The van der Waals surface area contributed by atoms with Crippen molar-refractivity contribution >= 4 is 28.5 Å². The highest BCUT2D eigenvalue weighted by molar-refractivity contribution is 7.14. The molecule has 0 atom stereocenters. The van der Waals surface area contributed by atoms with E-state index in [2.05, 4.69) is 22.4 Å². The summed E-state index contributed by atoms with van der Waals surface area (Å²) in [6.07, 6.45) is 5.95. The molecule has 0 aliphatic rings. The predicted molar refractivity (Wildman–Crippen MR) is 93.8 cm³/mol. The van der Waals surface area contributed by atoms with Gasteiger partial charge in [0.05, 0.1) is 12.8 Å². The molecular formula is C16H21FN4OS. The summed E-state index contributed by atoms with van der Waals surface area (Å²) in [6.45, 7) is 2.67. The van der Waals surface area contributed by atoms with Crippen LogP contribution in [-0.2, 0) is 0 Å². The molecule has 0 spiro atoms. The number of nitrogens with zero attached hydrogens (tertiary/aromatic N) is 2. The summed E-state index contributed by atoms with van der Waals surface area (Å²) in [4.78, 5) is 4.03. The Morgan fingerprint density at radius 2 is 2.26 bits per heavy atom. The third-order valence-corrected chi connectivity index (χ3v) is 3.87. The first-order valence-corrected chi connectivity index (χ1v) is 8.49. The second kappa shape index (κ2) is 9.09. The lowest BCUT2D eigenvalue weighted by Crippen LogP contribution is -2.00. The fourth-order valence-electron chi connectivity index (χ4n) is 1.92. The molecule has 7 heteroatoms. The Kier molecular flexibility index (Phi) is 6.80. The van der Waals surface area contributed by atoms with Gasteiger partial charge >= 0.3 is 0 Å². The molecule has 0 saturated heterocycles. The number of hydrogen-bond donors (Lipinski definition) is 2. The average molecular weight is 336 g/mol. The van der Waals surface area contributed by atoms with Crippen LogP contribution in [0.4, 0.5) is 15.3 Å². The van der Waals surface area contributed by atoms with Crippen LogP contribution in [0, 0.1) is 5.82 Å². The molecule has 5 nitrogen and oxygen atoms in total. The van der Waals surface area contributed by atoms with E-state index < -0.39 is 0 Å². The standard InChI is InChI=1S/C16H21FN4OS/c1-2-3-4-5-8-22-14-9-12(6-7-13(14)17)10-19-21-16-20-15(18)11-23-16/h6-7,9-11H,2-5,8,18H2,1H3,(H,20,21). The van der Waals surface area contributed by atoms with Crippen LogP contribution in [0.5, 0.6) is 5.75 Å². The number of halogens is 1. The number of benzene rings is 1. The van der Waals surface area contributed by atoms with E-state index in [1.54, 1.807) is 23.7 Å². The Labute approximate surface area is 139 Å². The van der Waals surface area contributed by atoms with E-state index in [9.17, 15) is 4.39 Å². The normalized spacial score (nSPS) is 11.0. The molecule has 2 rings (SSSR count). The van der Waals surface area contributed by atoms with Crippen molar-refractivity contribution in [2.45, 2.75) is 32.6 Å². The number of nitrogens with two attached hydrogens (primary N) is 1. The second-order valence-corrected chi connectivity index (χ2v) is 5.90. The third-order valence-electron chi connectivity index (χ3n) is 3.11. The number of anilines is 2. The van der Waals surface area contributed by atoms with Gasteiger partial charge in [-0.25, -0.2) is 9.37 Å². The Bertz CT molecular complexity index is 645. The fourth-order valence-corrected chi connectivity index (χ4v) is 2.47. The Hall–Kier alpha value is -2.15. The second-order valence-electron chi connectivity index (χ2n) is 5.05. The largest absolute Gasteiger partial charge is 0.490 e. The van der Waals surface area contributed by atoms with Gasteiger partial charge in [-0.05, 0) is 24.1 Å². The van der Waals surface area contributed by atoms with Gasteiger partial charge in [-0.2, -0.15) is 5.10 Å². The minimum absolute atomic E-state index is 0.254. The van der Waals surface area contributed by atoms with Crippen LogP contribution < -0.4 is 15.9 Å². The molecule has 0 aliphatic carbocycles. The van der Waals surface area contributed by atoms with Crippen molar-refractivity contribution in [3.63, 3.8) is 0 Å². The highest BCUT2D eigenvalue weighted by atomic mass is 32.1. The van der Waals surface area contributed by atoms with Gasteiger partial charge in [-0.1, -0.05) is 32.3 Å². The molecule has 124 valence electrons. The first-order valence-electron chi connectivity index (χ1n) is 7.61. The number of thiazole rings is 1. The lowest BCUT2D eigenvalue weighted by Gasteiger charge is -2.07. The van der Waals surface area contributed by atoms with E-state index in [0.29, 0.717) is 17.6 Å². The molecule has 2 aromatic rings. The molecule has 0 unspecified atom stereocenters. The van der Waals surface area contributed by atoms with Crippen LogP contribution >= 0.6 is 11.3 Å². The van der Waals surface area contributed by atoms with Crippen molar-refractivity contribution in [2.24, 2.45) is 5.10 Å². The quantitative estimate of drug-likeness (QED) is 0.407. The smallest absolute Gasteiger partial charge is 0.205 e. The van der Waals surface area contributed by atoms with Crippen LogP contribution in [0.15, 0.2) is 28.7 Å². The van der Waals surface area contributed by atoms with E-state index in [-0.39, 0.29) is 11.6 Å². The van der Waals surface area contributed by atoms with E-state index in [1.807, 2.05) is 0 Å². The molecule has 0 saturated carbocycles. The van der Waals surface area contributed by atoms with Crippen LogP contribution in [-0.4, -0.2) is 17.8 Å². The molecule has 0 amide bonds. The molecule has 1 aromatic carbocycles. The van der Waals surface area contributed by atoms with E-state index in [4.69, 9.17) is 10.5 Å². The summed E-state index contributed by atoms with van der Waals surface area (Å²) in [5.41, 5.74) is 9.04. The zero-order valence-corrected chi connectivity index (χ0v) is 13.9. The fraction of sp³-hybridized carbons (Fsp3) is 0.375. The summed E-state index contributed by atoms with van der Waals surface area (Å²) in [5, 5.41) is 6.38. The number of hydrazone groups is 1. The van der Waals surface area contributed by atoms with Gasteiger partial charge in [0.1, 0.15) is 5.82 Å². The summed E-state index contributed by atoms with van der Waals surface area (Å²) < 4.78 is 19.2. The lowest BCUT2D eigenvalue weighted by molar-refractivity contribution is 0.290. The highest BCUT2D eigenvalue weighted by Gasteiger charge is 2.04. The van der Waals surface area contributed by atoms with E-state index in [0.717, 1.165) is 24.8 Å². The Balaban J connectivity index is 1.88. The molecular weight excluding hydrogens is 315 g/mol. The first-order chi connectivity index (χ1) is 11.2. The van der Waals surface area contributed by atoms with Gasteiger partial charge in [-0.15, -0.1) is 11.3 Å². The highest BCUT2D eigenvalue weighted by Crippen LogP contribution is 2.19. The minimum atomic E-state index is -0.363. The van der Waals surface area contributed by atoms with Crippen LogP contribution in [0.3, 0.4) is 0 Å². The van der Waals surface area contributed by atoms with Crippen LogP contribution in [0.1, 0.15) is 38.2 Å². The van der Waals surface area contributed by atoms with Crippen molar-refractivity contribution in [3.8, 4) is 5.75 Å². The van der Waals surface area contributed by atoms with E-state index in [1.165, 1.54) is 23.8 Å². The predicted octanol–water partition coefficient (Wildman–Crippen LogP) is 4.27. The molecule has 0 fully saturated rings. The lowest BCUT2D eigenvalue weighted by atomic mass is 10.2. The van der Waals surface area contributed by atoms with Crippen molar-refractivity contribution in [1.82, 2.24) is 4.98 Å². The molecule has 1 heterocycles. The molecule has 0 aliphatic heterocycles. The topological polar surface area (TPSA) is 72.5 Å². The summed E-state index contributed by atoms with van der Waals surface area (Å²) in [7, 11) is 0. The summed E-state index contributed by atoms with van der Waals surface area (Å²) in [5.74, 6) is 0.343. The van der Waals surface area contributed by atoms with Gasteiger partial charge < -0.3 is 10.5 Å². The zero-order valence-electron chi connectivity index (χ0n) is 13.1. The van der Waals surface area contributed by atoms with Crippen molar-refractivity contribution in [2.75, 3.05) is 17.8 Å². The number of nitrogens with one attached hydrogen (secondary N) is 1. The van der Waals surface area contributed by atoms with E-state index >= 15 is 0 Å². The summed E-state index contributed by atoms with van der Waals surface area (Å²) in [6, 6.07) is 4.65. The van der Waals surface area contributed by atoms with Gasteiger partial charge in [0.2, 0.25) is 5.13 Å². The third kappa shape index (κ3) is 5.86. The van der Waals surface area contributed by atoms with Gasteiger partial charge in [0.15, 0.2) is 11.6 Å². The maximum Gasteiger partial charge on any atom is 0.205 e. The number of rotatable bonds is 9. The maximum atomic E-state index is 13.7. The summed E-state index contributed by atoms with van der Waals surface area (Å²) >= 11 is 1.36. The number of hydrogen-bond acceptors (Lipinski definition) is 6. The number of ether oxygens (including phenoxy) is 1. The molecule has 1 aromatic heterocycles. The molecule has 0 bridgehead atoms. The number of unbranched alkanes of at least 4 members (excludes halogenated alkanes) is 3. The average Bonchev–Trinajstić information content (AvgIpc) is 2.95. The number of aromatic nitrogens is 1. The van der Waals surface area contributed by atoms with Crippen LogP contribution in [0.2, 0.25) is 0 Å². The minimum Gasteiger partial charge on any atom is -0.490 e. The molecule has 23 heavy (non-hydrogen) atoms. The number of nitrogen functional groups attached to an aromatic ring is 1. The SMILES string of the molecule is CCCCCCOc1cc(C=NNc2nc(N)cs2)ccc1F. The van der Waals surface area contributed by atoms with Gasteiger partial charge in [0, 0.05) is 5.38 Å². The van der Waals surface area contributed by atoms with Gasteiger partial charge in [-0.3, -0.25) is 5.43 Å². The van der Waals surface area contributed by atoms with Gasteiger partial charge in [0.25, 0.3) is 0 Å². The monoisotopic (exact) mass is 336 g/mol. The molecule has 3 N–H and O–H groups in total. The first kappa shape index (κ1) is 17.2. The Morgan fingerprint density at radius 3 is 3.00 bits per heavy atom. The Morgan fingerprint density at radius 1 is 1.39 bits per heavy atom. The maximum absolute atomic E-state index is 13.7. The van der Waals surface area contributed by atoms with Crippen molar-refractivity contribution < 1.29 is 9.13 Å². The zero-order chi connectivity index (χ0) is 16.5. The van der Waals surface area contributed by atoms with Crippen molar-refractivity contribution in [1.29, 1.82) is 0 Å².